The summed E-state index contributed by atoms with van der Waals surface area (Å²) in [6.07, 6.45) is 6.14. The molecule has 6 heteroatoms. The van der Waals surface area contributed by atoms with E-state index in [1.165, 1.54) is 22.3 Å². The summed E-state index contributed by atoms with van der Waals surface area (Å²) in [7, 11) is 1.70. The van der Waals surface area contributed by atoms with Crippen molar-refractivity contribution in [2.45, 2.75) is 25.3 Å². The molecular weight excluding hydrogens is 369 g/mol. The lowest BCUT2D eigenvalue weighted by molar-refractivity contribution is 0.247. The zero-order valence-electron chi connectivity index (χ0n) is 16.1. The van der Waals surface area contributed by atoms with Crippen molar-refractivity contribution in [1.82, 2.24) is 9.88 Å². The first-order valence-electron chi connectivity index (χ1n) is 9.62. The van der Waals surface area contributed by atoms with Crippen LogP contribution in [0, 0.1) is 5.82 Å². The fourth-order valence-electron chi connectivity index (χ4n) is 3.72. The van der Waals surface area contributed by atoms with E-state index in [0.717, 1.165) is 24.8 Å². The first-order valence-corrected chi connectivity index (χ1v) is 9.62. The van der Waals surface area contributed by atoms with E-state index < -0.39 is 0 Å². The molecule has 2 N–H and O–H groups in total. The Morgan fingerprint density at radius 3 is 2.62 bits per heavy atom. The van der Waals surface area contributed by atoms with E-state index in [4.69, 9.17) is 0 Å². The van der Waals surface area contributed by atoms with Crippen molar-refractivity contribution in [2.24, 2.45) is 7.05 Å². The fourth-order valence-corrected chi connectivity index (χ4v) is 3.72. The highest BCUT2D eigenvalue weighted by atomic mass is 19.1. The number of benzene rings is 2. The van der Waals surface area contributed by atoms with Gasteiger partial charge in [-0.25, -0.2) is 9.18 Å². The molecule has 0 radical (unpaired) electrons. The second-order valence-electron chi connectivity index (χ2n) is 7.30. The van der Waals surface area contributed by atoms with Gasteiger partial charge in [-0.15, -0.1) is 0 Å². The Kier molecular flexibility index (Phi) is 5.16. The van der Waals surface area contributed by atoms with Gasteiger partial charge in [-0.2, -0.15) is 0 Å². The van der Waals surface area contributed by atoms with Crippen LogP contribution in [0.4, 0.5) is 14.9 Å². The van der Waals surface area contributed by atoms with Gasteiger partial charge in [0.25, 0.3) is 5.56 Å². The van der Waals surface area contributed by atoms with Gasteiger partial charge in [0.2, 0.25) is 0 Å². The van der Waals surface area contributed by atoms with Crippen molar-refractivity contribution in [3.8, 4) is 0 Å². The van der Waals surface area contributed by atoms with Crippen molar-refractivity contribution in [3.63, 3.8) is 0 Å². The second-order valence-corrected chi connectivity index (χ2v) is 7.30. The van der Waals surface area contributed by atoms with E-state index in [1.807, 2.05) is 6.07 Å². The Labute approximate surface area is 167 Å². The van der Waals surface area contributed by atoms with Crippen LogP contribution in [-0.4, -0.2) is 16.6 Å². The zero-order chi connectivity index (χ0) is 20.4. The molecule has 0 saturated heterocycles. The summed E-state index contributed by atoms with van der Waals surface area (Å²) in [6, 6.07) is 13.4. The molecule has 2 amide bonds. The smallest absolute Gasteiger partial charge is 0.319 e. The standard InChI is InChI=1S/C23H22FN3O2/c1-27-14-13-19-20(22(27)28)3-2-4-21(19)26-23(29)25-18-11-7-16(8-12-18)15-5-9-17(24)10-6-15/h2-7,9-10,13-14,18H,8,11-12H2,1H3,(H2,25,26,29). The lowest BCUT2D eigenvalue weighted by Crippen LogP contribution is -2.38. The van der Waals surface area contributed by atoms with Crippen molar-refractivity contribution in [2.75, 3.05) is 5.32 Å². The number of urea groups is 1. The number of aromatic nitrogens is 1. The van der Waals surface area contributed by atoms with Gasteiger partial charge in [-0.05, 0) is 60.7 Å². The van der Waals surface area contributed by atoms with Crippen LogP contribution in [0.3, 0.4) is 0 Å². The third kappa shape index (κ3) is 4.06. The van der Waals surface area contributed by atoms with E-state index in [2.05, 4.69) is 16.7 Å². The van der Waals surface area contributed by atoms with Gasteiger partial charge in [-0.1, -0.05) is 24.3 Å². The van der Waals surface area contributed by atoms with Crippen molar-refractivity contribution >= 4 is 28.1 Å². The maximum absolute atomic E-state index is 13.1. The normalized spacial score (nSPS) is 16.3. The molecule has 1 aliphatic carbocycles. The Morgan fingerprint density at radius 1 is 1.10 bits per heavy atom. The molecule has 1 heterocycles. The number of hydrogen-bond donors (Lipinski definition) is 2. The highest BCUT2D eigenvalue weighted by Crippen LogP contribution is 2.27. The lowest BCUT2D eigenvalue weighted by Gasteiger charge is -2.23. The van der Waals surface area contributed by atoms with E-state index in [0.29, 0.717) is 16.5 Å². The van der Waals surface area contributed by atoms with Crippen LogP contribution in [-0.2, 0) is 7.05 Å². The third-order valence-electron chi connectivity index (χ3n) is 5.33. The molecular formula is C23H22FN3O2. The minimum absolute atomic E-state index is 0.0297. The maximum atomic E-state index is 13.1. The highest BCUT2D eigenvalue weighted by molar-refractivity contribution is 6.01. The van der Waals surface area contributed by atoms with Crippen LogP contribution in [0.25, 0.3) is 16.3 Å². The molecule has 3 aromatic rings. The topological polar surface area (TPSA) is 63.1 Å². The van der Waals surface area contributed by atoms with E-state index in [9.17, 15) is 14.0 Å². The molecule has 1 atom stereocenters. The van der Waals surface area contributed by atoms with Gasteiger partial charge in [0, 0.05) is 30.1 Å². The molecule has 1 aromatic heterocycles. The maximum Gasteiger partial charge on any atom is 0.319 e. The predicted molar refractivity (Wildman–Crippen MR) is 113 cm³/mol. The van der Waals surface area contributed by atoms with Gasteiger partial charge in [-0.3, -0.25) is 4.79 Å². The van der Waals surface area contributed by atoms with Crippen LogP contribution in [0.5, 0.6) is 0 Å². The van der Waals surface area contributed by atoms with Crippen LogP contribution in [0.1, 0.15) is 24.8 Å². The molecule has 148 valence electrons. The molecule has 29 heavy (non-hydrogen) atoms. The summed E-state index contributed by atoms with van der Waals surface area (Å²) < 4.78 is 14.6. The average Bonchev–Trinajstić information content (AvgIpc) is 2.72. The Bertz CT molecular complexity index is 1150. The van der Waals surface area contributed by atoms with Crippen LogP contribution < -0.4 is 16.2 Å². The Balaban J connectivity index is 1.42. The number of hydrogen-bond acceptors (Lipinski definition) is 2. The summed E-state index contributed by atoms with van der Waals surface area (Å²) in [5.74, 6) is -0.243. The first kappa shape index (κ1) is 18.9. The zero-order valence-corrected chi connectivity index (χ0v) is 16.1. The summed E-state index contributed by atoms with van der Waals surface area (Å²) >= 11 is 0. The quantitative estimate of drug-likeness (QED) is 0.694. The van der Waals surface area contributed by atoms with Crippen molar-refractivity contribution < 1.29 is 9.18 Å². The molecule has 0 aliphatic heterocycles. The number of amides is 2. The molecule has 0 spiro atoms. The Morgan fingerprint density at radius 2 is 1.90 bits per heavy atom. The number of allylic oxidation sites excluding steroid dienone is 1. The predicted octanol–water partition coefficient (Wildman–Crippen LogP) is 4.44. The number of aryl methyl sites for hydroxylation is 1. The summed E-state index contributed by atoms with van der Waals surface area (Å²) in [4.78, 5) is 24.8. The largest absolute Gasteiger partial charge is 0.335 e. The van der Waals surface area contributed by atoms with Gasteiger partial charge >= 0.3 is 6.03 Å². The van der Waals surface area contributed by atoms with Crippen molar-refractivity contribution in [3.05, 3.63) is 82.5 Å². The molecule has 1 unspecified atom stereocenters. The minimum Gasteiger partial charge on any atom is -0.335 e. The number of nitrogens with zero attached hydrogens (tertiary/aromatic N) is 1. The van der Waals surface area contributed by atoms with Crippen LogP contribution >= 0.6 is 0 Å². The number of anilines is 1. The van der Waals surface area contributed by atoms with E-state index in [1.54, 1.807) is 43.6 Å². The minimum atomic E-state index is -0.290. The van der Waals surface area contributed by atoms with Crippen molar-refractivity contribution in [1.29, 1.82) is 0 Å². The molecule has 1 aliphatic rings. The summed E-state index contributed by atoms with van der Waals surface area (Å²) in [6.45, 7) is 0. The number of fused-ring (bicyclic) bond motifs is 1. The number of nitrogens with one attached hydrogen (secondary N) is 2. The number of carbonyl (C=O) groups excluding carboxylic acids is 1. The monoisotopic (exact) mass is 391 g/mol. The Hall–Kier alpha value is -3.41. The summed E-state index contributed by atoms with van der Waals surface area (Å²) in [5, 5.41) is 7.15. The van der Waals surface area contributed by atoms with Crippen LogP contribution in [0.15, 0.2) is 65.6 Å². The SMILES string of the molecule is Cn1ccc2c(NC(=O)NC3CC=C(c4ccc(F)cc4)CC3)cccc2c1=O. The molecule has 4 rings (SSSR count). The van der Waals surface area contributed by atoms with E-state index >= 15 is 0 Å². The van der Waals surface area contributed by atoms with Gasteiger partial charge < -0.3 is 15.2 Å². The molecule has 0 bridgehead atoms. The number of pyridine rings is 1. The first-order chi connectivity index (χ1) is 14.0. The lowest BCUT2D eigenvalue weighted by atomic mass is 9.91. The number of rotatable bonds is 3. The number of carbonyl (C=O) groups is 1. The molecule has 5 nitrogen and oxygen atoms in total. The van der Waals surface area contributed by atoms with Crippen LogP contribution in [0.2, 0.25) is 0 Å². The summed E-state index contributed by atoms with van der Waals surface area (Å²) in [5.41, 5.74) is 2.70. The number of halogens is 1. The second kappa shape index (κ2) is 7.91. The third-order valence-corrected chi connectivity index (χ3v) is 5.33. The van der Waals surface area contributed by atoms with Gasteiger partial charge in [0.15, 0.2) is 0 Å². The fraction of sp³-hybridized carbons (Fsp3) is 0.217. The highest BCUT2D eigenvalue weighted by Gasteiger charge is 2.18. The molecule has 0 fully saturated rings. The molecule has 0 saturated carbocycles. The average molecular weight is 391 g/mol. The van der Waals surface area contributed by atoms with Gasteiger partial charge in [0.1, 0.15) is 5.82 Å². The van der Waals surface area contributed by atoms with Gasteiger partial charge in [0.05, 0.1) is 5.69 Å². The molecule has 2 aromatic carbocycles. The van der Waals surface area contributed by atoms with E-state index in [-0.39, 0.29) is 23.4 Å².